The molecule has 164 valence electrons. The molecule has 0 atom stereocenters. The molecule has 0 spiro atoms. The van der Waals surface area contributed by atoms with E-state index in [0.29, 0.717) is 29.6 Å². The predicted octanol–water partition coefficient (Wildman–Crippen LogP) is 3.50. The first kappa shape index (κ1) is 21.8. The molecule has 9 heteroatoms. The van der Waals surface area contributed by atoms with Gasteiger partial charge in [-0.05, 0) is 18.1 Å². The van der Waals surface area contributed by atoms with Crippen LogP contribution in [0.15, 0.2) is 69.0 Å². The SMILES string of the molecule is CCCCNC(=O)CSc1nnc(-c2nn(Cc3ccccc3)c(=O)c3ccccc23)o1. The highest BCUT2D eigenvalue weighted by Gasteiger charge is 2.18. The summed E-state index contributed by atoms with van der Waals surface area (Å²) in [6.45, 7) is 3.05. The van der Waals surface area contributed by atoms with Crippen LogP contribution in [0.3, 0.4) is 0 Å². The molecule has 1 N–H and O–H groups in total. The molecule has 0 aliphatic carbocycles. The average molecular weight is 450 g/mol. The fourth-order valence-corrected chi connectivity index (χ4v) is 3.80. The van der Waals surface area contributed by atoms with Crippen LogP contribution in [-0.2, 0) is 11.3 Å². The molecule has 4 rings (SSSR count). The Labute approximate surface area is 189 Å². The maximum atomic E-state index is 13.0. The summed E-state index contributed by atoms with van der Waals surface area (Å²) >= 11 is 1.17. The number of rotatable bonds is 9. The molecule has 2 aromatic carbocycles. The fraction of sp³-hybridized carbons (Fsp3) is 0.261. The smallest absolute Gasteiger partial charge is 0.277 e. The van der Waals surface area contributed by atoms with Crippen LogP contribution < -0.4 is 10.9 Å². The van der Waals surface area contributed by atoms with E-state index in [1.54, 1.807) is 6.07 Å². The van der Waals surface area contributed by atoms with Gasteiger partial charge in [-0.15, -0.1) is 10.2 Å². The normalized spacial score (nSPS) is 11.0. The van der Waals surface area contributed by atoms with Crippen molar-refractivity contribution in [3.05, 3.63) is 70.5 Å². The Balaban J connectivity index is 1.61. The number of thioether (sulfide) groups is 1. The average Bonchev–Trinajstić information content (AvgIpc) is 3.29. The highest BCUT2D eigenvalue weighted by molar-refractivity contribution is 7.99. The second kappa shape index (κ2) is 10.2. The zero-order chi connectivity index (χ0) is 22.3. The molecule has 4 aromatic rings. The standard InChI is InChI=1S/C23H23N5O3S/c1-2-3-13-24-19(29)15-32-23-26-25-21(31-23)20-17-11-7-8-12-18(17)22(30)28(27-20)14-16-9-5-4-6-10-16/h4-12H,2-3,13-15H2,1H3,(H,24,29). The number of nitrogens with one attached hydrogen (secondary N) is 1. The van der Waals surface area contributed by atoms with Crippen molar-refractivity contribution >= 4 is 28.4 Å². The second-order valence-corrected chi connectivity index (χ2v) is 8.13. The third-order valence-corrected chi connectivity index (χ3v) is 5.65. The van der Waals surface area contributed by atoms with E-state index in [2.05, 4.69) is 27.5 Å². The van der Waals surface area contributed by atoms with E-state index < -0.39 is 0 Å². The molecule has 8 nitrogen and oxygen atoms in total. The van der Waals surface area contributed by atoms with Gasteiger partial charge in [0.2, 0.25) is 5.91 Å². The minimum atomic E-state index is -0.189. The number of hydrogen-bond acceptors (Lipinski definition) is 7. The Morgan fingerprint density at radius 1 is 1.06 bits per heavy atom. The molecule has 2 aromatic heterocycles. The maximum absolute atomic E-state index is 13.0. The molecule has 0 radical (unpaired) electrons. The number of benzene rings is 2. The first-order valence-electron chi connectivity index (χ1n) is 10.4. The molecule has 0 aliphatic rings. The highest BCUT2D eigenvalue weighted by Crippen LogP contribution is 2.26. The molecule has 1 amide bonds. The summed E-state index contributed by atoms with van der Waals surface area (Å²) in [5.74, 6) is 0.313. The lowest BCUT2D eigenvalue weighted by atomic mass is 10.1. The van der Waals surface area contributed by atoms with E-state index >= 15 is 0 Å². The Hall–Kier alpha value is -3.46. The van der Waals surface area contributed by atoms with Crippen LogP contribution in [0.25, 0.3) is 22.4 Å². The van der Waals surface area contributed by atoms with Gasteiger partial charge in [-0.2, -0.15) is 5.10 Å². The topological polar surface area (TPSA) is 103 Å². The van der Waals surface area contributed by atoms with Crippen LogP contribution in [0.4, 0.5) is 0 Å². The van der Waals surface area contributed by atoms with E-state index in [9.17, 15) is 9.59 Å². The number of nitrogens with zero attached hydrogens (tertiary/aromatic N) is 4. The van der Waals surface area contributed by atoms with Crippen LogP contribution in [0, 0.1) is 0 Å². The van der Waals surface area contributed by atoms with E-state index in [0.717, 1.165) is 18.4 Å². The third kappa shape index (κ3) is 5.05. The Morgan fingerprint density at radius 2 is 1.81 bits per heavy atom. The van der Waals surface area contributed by atoms with Crippen LogP contribution in [0.2, 0.25) is 0 Å². The van der Waals surface area contributed by atoms with Gasteiger partial charge >= 0.3 is 0 Å². The highest BCUT2D eigenvalue weighted by atomic mass is 32.2. The summed E-state index contributed by atoms with van der Waals surface area (Å²) in [5, 5.41) is 17.0. The molecule has 0 unspecified atom stereocenters. The van der Waals surface area contributed by atoms with Crippen molar-refractivity contribution in [2.24, 2.45) is 0 Å². The van der Waals surface area contributed by atoms with Gasteiger partial charge in [0.1, 0.15) is 0 Å². The molecular weight excluding hydrogens is 426 g/mol. The van der Waals surface area contributed by atoms with Crippen molar-refractivity contribution in [2.45, 2.75) is 31.5 Å². The Morgan fingerprint density at radius 3 is 2.59 bits per heavy atom. The second-order valence-electron chi connectivity index (χ2n) is 7.21. The first-order chi connectivity index (χ1) is 15.7. The number of unbranched alkanes of at least 4 members (excludes halogenated alkanes) is 1. The van der Waals surface area contributed by atoms with Crippen molar-refractivity contribution in [3.63, 3.8) is 0 Å². The maximum Gasteiger partial charge on any atom is 0.277 e. The zero-order valence-corrected chi connectivity index (χ0v) is 18.5. The number of amides is 1. The van der Waals surface area contributed by atoms with Crippen LogP contribution >= 0.6 is 11.8 Å². The third-order valence-electron chi connectivity index (χ3n) is 4.83. The molecule has 0 saturated heterocycles. The Kier molecular flexibility index (Phi) is 6.96. The zero-order valence-electron chi connectivity index (χ0n) is 17.7. The summed E-state index contributed by atoms with van der Waals surface area (Å²) in [5.41, 5.74) is 1.20. The van der Waals surface area contributed by atoms with Crippen molar-refractivity contribution < 1.29 is 9.21 Å². The lowest BCUT2D eigenvalue weighted by Gasteiger charge is -2.09. The van der Waals surface area contributed by atoms with Crippen molar-refractivity contribution in [1.29, 1.82) is 0 Å². The first-order valence-corrected chi connectivity index (χ1v) is 11.4. The van der Waals surface area contributed by atoms with Gasteiger partial charge in [0, 0.05) is 11.9 Å². The van der Waals surface area contributed by atoms with Gasteiger partial charge < -0.3 is 9.73 Å². The van der Waals surface area contributed by atoms with Crippen molar-refractivity contribution in [1.82, 2.24) is 25.3 Å². The predicted molar refractivity (Wildman–Crippen MR) is 123 cm³/mol. The van der Waals surface area contributed by atoms with Gasteiger partial charge in [-0.1, -0.05) is 73.6 Å². The quantitative estimate of drug-likeness (QED) is 0.308. The van der Waals surface area contributed by atoms with Crippen molar-refractivity contribution in [3.8, 4) is 11.6 Å². The molecule has 0 fully saturated rings. The molecular formula is C23H23N5O3S. The van der Waals surface area contributed by atoms with E-state index in [1.165, 1.54) is 16.4 Å². The lowest BCUT2D eigenvalue weighted by Crippen LogP contribution is -2.25. The van der Waals surface area contributed by atoms with Crippen LogP contribution in [0.5, 0.6) is 0 Å². The fourth-order valence-electron chi connectivity index (χ4n) is 3.20. The monoisotopic (exact) mass is 449 g/mol. The molecule has 0 bridgehead atoms. The number of carbonyl (C=O) groups is 1. The van der Waals surface area contributed by atoms with Crippen LogP contribution in [-0.4, -0.2) is 38.2 Å². The molecule has 32 heavy (non-hydrogen) atoms. The van der Waals surface area contributed by atoms with E-state index in [-0.39, 0.29) is 28.3 Å². The summed E-state index contributed by atoms with van der Waals surface area (Å²) in [6, 6.07) is 16.9. The molecule has 0 saturated carbocycles. The molecule has 2 heterocycles. The number of hydrogen-bond donors (Lipinski definition) is 1. The summed E-state index contributed by atoms with van der Waals surface area (Å²) in [7, 11) is 0. The Bertz CT molecular complexity index is 1270. The van der Waals surface area contributed by atoms with E-state index in [4.69, 9.17) is 4.42 Å². The largest absolute Gasteiger partial charge is 0.409 e. The van der Waals surface area contributed by atoms with Gasteiger partial charge in [0.25, 0.3) is 16.7 Å². The summed E-state index contributed by atoms with van der Waals surface area (Å²) < 4.78 is 7.19. The minimum Gasteiger partial charge on any atom is -0.409 e. The van der Waals surface area contributed by atoms with Gasteiger partial charge in [0.15, 0.2) is 5.69 Å². The summed E-state index contributed by atoms with van der Waals surface area (Å²) in [6.07, 6.45) is 1.96. The minimum absolute atomic E-state index is 0.0804. The van der Waals surface area contributed by atoms with Crippen molar-refractivity contribution in [2.75, 3.05) is 12.3 Å². The molecule has 0 aliphatic heterocycles. The van der Waals surface area contributed by atoms with Gasteiger partial charge in [-0.25, -0.2) is 4.68 Å². The number of carbonyl (C=O) groups excluding carboxylic acids is 1. The number of aromatic nitrogens is 4. The van der Waals surface area contributed by atoms with E-state index in [1.807, 2.05) is 48.5 Å². The summed E-state index contributed by atoms with van der Waals surface area (Å²) in [4.78, 5) is 24.9. The van der Waals surface area contributed by atoms with Gasteiger partial charge in [0.05, 0.1) is 17.7 Å². The van der Waals surface area contributed by atoms with Gasteiger partial charge in [-0.3, -0.25) is 9.59 Å². The number of fused-ring (bicyclic) bond motifs is 1. The lowest BCUT2D eigenvalue weighted by molar-refractivity contribution is -0.118. The van der Waals surface area contributed by atoms with Crippen LogP contribution in [0.1, 0.15) is 25.3 Å².